The highest BCUT2D eigenvalue weighted by Gasteiger charge is 2.33. The van der Waals surface area contributed by atoms with Gasteiger partial charge in [-0.25, -0.2) is 0 Å². The predicted octanol–water partition coefficient (Wildman–Crippen LogP) is 0.873. The number of carbonyl (C=O) groups is 2. The minimum atomic E-state index is -4.49. The van der Waals surface area contributed by atoms with Gasteiger partial charge in [-0.15, -0.1) is 0 Å². The van der Waals surface area contributed by atoms with Crippen LogP contribution in [0, 0.1) is 0 Å². The molecular formula is C14H10N2O5S. The van der Waals surface area contributed by atoms with Crippen LogP contribution < -0.4 is 11.5 Å². The molecule has 0 unspecified atom stereocenters. The van der Waals surface area contributed by atoms with Crippen LogP contribution in [0.2, 0.25) is 0 Å². The van der Waals surface area contributed by atoms with E-state index in [4.69, 9.17) is 16.0 Å². The molecule has 5 N–H and O–H groups in total. The van der Waals surface area contributed by atoms with Gasteiger partial charge in [-0.2, -0.15) is 8.42 Å². The van der Waals surface area contributed by atoms with Gasteiger partial charge < -0.3 is 11.5 Å². The van der Waals surface area contributed by atoms with Gasteiger partial charge in [0, 0.05) is 22.5 Å². The molecule has 7 nitrogen and oxygen atoms in total. The number of hydrogen-bond donors (Lipinski definition) is 3. The first-order valence-electron chi connectivity index (χ1n) is 6.10. The molecule has 0 fully saturated rings. The first kappa shape index (κ1) is 14.2. The van der Waals surface area contributed by atoms with Crippen molar-refractivity contribution in [3.63, 3.8) is 0 Å². The van der Waals surface area contributed by atoms with Gasteiger partial charge in [0.25, 0.3) is 10.1 Å². The molecule has 0 saturated carbocycles. The van der Waals surface area contributed by atoms with E-state index in [9.17, 15) is 18.0 Å². The summed E-state index contributed by atoms with van der Waals surface area (Å²) in [4.78, 5) is 24.6. The number of ketones is 2. The molecule has 0 spiro atoms. The Kier molecular flexibility index (Phi) is 2.84. The van der Waals surface area contributed by atoms with E-state index in [1.165, 1.54) is 18.2 Å². The second kappa shape index (κ2) is 4.39. The smallest absolute Gasteiger partial charge is 0.294 e. The van der Waals surface area contributed by atoms with Gasteiger partial charge in [0.05, 0.1) is 16.0 Å². The van der Waals surface area contributed by atoms with Crippen molar-refractivity contribution in [1.82, 2.24) is 0 Å². The van der Waals surface area contributed by atoms with Crippen LogP contribution in [0.15, 0.2) is 35.2 Å². The molecule has 0 amide bonds. The highest BCUT2D eigenvalue weighted by atomic mass is 32.2. The summed E-state index contributed by atoms with van der Waals surface area (Å²) in [7, 11) is -4.49. The Morgan fingerprint density at radius 1 is 0.818 bits per heavy atom. The summed E-state index contributed by atoms with van der Waals surface area (Å²) in [5.41, 5.74) is 11.5. The summed E-state index contributed by atoms with van der Waals surface area (Å²) < 4.78 is 31.4. The minimum absolute atomic E-state index is 0.0112. The largest absolute Gasteiger partial charge is 0.398 e. The Morgan fingerprint density at radius 3 is 1.82 bits per heavy atom. The fourth-order valence-electron chi connectivity index (χ4n) is 2.46. The summed E-state index contributed by atoms with van der Waals surface area (Å²) in [5.74, 6) is -1.13. The Bertz CT molecular complexity index is 963. The maximum Gasteiger partial charge on any atom is 0.294 e. The Morgan fingerprint density at radius 2 is 1.32 bits per heavy atom. The summed E-state index contributed by atoms with van der Waals surface area (Å²) in [5, 5.41) is 0. The van der Waals surface area contributed by atoms with Crippen LogP contribution >= 0.6 is 0 Å². The Balaban J connectivity index is 2.35. The van der Waals surface area contributed by atoms with Gasteiger partial charge in [0.2, 0.25) is 0 Å². The standard InChI is InChI=1S/C14H10N2O5S/c15-9-3-4-10(16)12-11(9)13(17)7-2-1-6(22(19,20)21)5-8(7)14(12)18/h1-5H,15-16H2,(H,19,20,21). The van der Waals surface area contributed by atoms with E-state index >= 15 is 0 Å². The summed E-state index contributed by atoms with van der Waals surface area (Å²) in [6.07, 6.45) is 0. The lowest BCUT2D eigenvalue weighted by Crippen LogP contribution is -2.24. The molecule has 0 aromatic heterocycles. The van der Waals surface area contributed by atoms with E-state index in [-0.39, 0.29) is 33.6 Å². The highest BCUT2D eigenvalue weighted by molar-refractivity contribution is 7.85. The van der Waals surface area contributed by atoms with Crippen molar-refractivity contribution in [3.05, 3.63) is 52.6 Å². The fraction of sp³-hybridized carbons (Fsp3) is 0. The monoisotopic (exact) mass is 318 g/mol. The van der Waals surface area contributed by atoms with Crippen molar-refractivity contribution in [1.29, 1.82) is 0 Å². The van der Waals surface area contributed by atoms with Crippen LogP contribution in [0.25, 0.3) is 0 Å². The zero-order valence-corrected chi connectivity index (χ0v) is 11.8. The molecule has 22 heavy (non-hydrogen) atoms. The SMILES string of the molecule is Nc1ccc(N)c2c1C(=O)c1ccc(S(=O)(=O)O)cc1C2=O. The maximum absolute atomic E-state index is 12.5. The molecule has 112 valence electrons. The molecule has 1 aliphatic carbocycles. The maximum atomic E-state index is 12.5. The van der Waals surface area contributed by atoms with Crippen LogP contribution in [0.5, 0.6) is 0 Å². The lowest BCUT2D eigenvalue weighted by atomic mass is 9.82. The number of hydrogen-bond acceptors (Lipinski definition) is 6. The van der Waals surface area contributed by atoms with Crippen molar-refractivity contribution in [3.8, 4) is 0 Å². The van der Waals surface area contributed by atoms with Crippen LogP contribution in [0.4, 0.5) is 11.4 Å². The van der Waals surface area contributed by atoms with Gasteiger partial charge >= 0.3 is 0 Å². The highest BCUT2D eigenvalue weighted by Crippen LogP contribution is 2.34. The number of nitrogens with two attached hydrogens (primary N) is 2. The second-order valence-corrected chi connectivity index (χ2v) is 6.26. The third-order valence-corrected chi connectivity index (χ3v) is 4.35. The summed E-state index contributed by atoms with van der Waals surface area (Å²) in [6, 6.07) is 6.00. The van der Waals surface area contributed by atoms with Gasteiger partial charge in [-0.1, -0.05) is 0 Å². The Labute approximate surface area is 125 Å². The molecule has 0 bridgehead atoms. The van der Waals surface area contributed by atoms with E-state index in [2.05, 4.69) is 0 Å². The normalized spacial score (nSPS) is 13.7. The van der Waals surface area contributed by atoms with Gasteiger partial charge in [-0.3, -0.25) is 14.1 Å². The third-order valence-electron chi connectivity index (χ3n) is 3.50. The number of anilines is 2. The molecule has 0 heterocycles. The third kappa shape index (κ3) is 1.89. The number of carbonyl (C=O) groups excluding carboxylic acids is 2. The quantitative estimate of drug-likeness (QED) is 0.446. The first-order chi connectivity index (χ1) is 10.2. The number of rotatable bonds is 1. The molecule has 2 aromatic rings. The van der Waals surface area contributed by atoms with E-state index < -0.39 is 26.6 Å². The van der Waals surface area contributed by atoms with E-state index in [0.29, 0.717) is 0 Å². The van der Waals surface area contributed by atoms with Crippen LogP contribution in [-0.2, 0) is 10.1 Å². The lowest BCUT2D eigenvalue weighted by Gasteiger charge is -2.20. The average Bonchev–Trinajstić information content (AvgIpc) is 2.45. The second-order valence-electron chi connectivity index (χ2n) is 4.83. The molecular weight excluding hydrogens is 308 g/mol. The van der Waals surface area contributed by atoms with Gasteiger partial charge in [-0.05, 0) is 30.3 Å². The zero-order chi connectivity index (χ0) is 16.2. The minimum Gasteiger partial charge on any atom is -0.398 e. The molecule has 0 aliphatic heterocycles. The van der Waals surface area contributed by atoms with E-state index in [1.54, 1.807) is 0 Å². The van der Waals surface area contributed by atoms with E-state index in [1.807, 2.05) is 0 Å². The van der Waals surface area contributed by atoms with Gasteiger partial charge in [0.15, 0.2) is 11.6 Å². The fourth-order valence-corrected chi connectivity index (χ4v) is 2.97. The first-order valence-corrected chi connectivity index (χ1v) is 7.54. The van der Waals surface area contributed by atoms with Crippen molar-refractivity contribution >= 4 is 33.1 Å². The van der Waals surface area contributed by atoms with Crippen LogP contribution in [-0.4, -0.2) is 24.5 Å². The average molecular weight is 318 g/mol. The lowest BCUT2D eigenvalue weighted by molar-refractivity contribution is 0.0980. The Hall–Kier alpha value is -2.71. The van der Waals surface area contributed by atoms with E-state index in [0.717, 1.165) is 12.1 Å². The van der Waals surface area contributed by atoms with Crippen molar-refractivity contribution in [2.45, 2.75) is 4.90 Å². The van der Waals surface area contributed by atoms with Crippen molar-refractivity contribution in [2.75, 3.05) is 11.5 Å². The summed E-state index contributed by atoms with van der Waals surface area (Å²) in [6.45, 7) is 0. The van der Waals surface area contributed by atoms with Crippen molar-refractivity contribution < 1.29 is 22.6 Å². The number of benzene rings is 2. The van der Waals surface area contributed by atoms with Crippen LogP contribution in [0.1, 0.15) is 31.8 Å². The molecule has 8 heteroatoms. The molecule has 3 rings (SSSR count). The molecule has 2 aromatic carbocycles. The van der Waals surface area contributed by atoms with Crippen molar-refractivity contribution in [2.24, 2.45) is 0 Å². The summed E-state index contributed by atoms with van der Waals surface area (Å²) >= 11 is 0. The number of fused-ring (bicyclic) bond motifs is 2. The predicted molar refractivity (Wildman–Crippen MR) is 78.4 cm³/mol. The number of nitrogen functional groups attached to an aromatic ring is 2. The zero-order valence-electron chi connectivity index (χ0n) is 11.0. The molecule has 0 radical (unpaired) electrons. The molecule has 0 saturated heterocycles. The molecule has 0 atom stereocenters. The van der Waals surface area contributed by atoms with Gasteiger partial charge in [0.1, 0.15) is 0 Å². The topological polar surface area (TPSA) is 141 Å². The van der Waals surface area contributed by atoms with Crippen LogP contribution in [0.3, 0.4) is 0 Å². The molecule has 1 aliphatic rings.